The molecule has 0 aliphatic heterocycles. The van der Waals surface area contributed by atoms with Gasteiger partial charge in [-0.2, -0.15) is 0 Å². The van der Waals surface area contributed by atoms with Gasteiger partial charge in [0.15, 0.2) is 0 Å². The van der Waals surface area contributed by atoms with Crippen LogP contribution in [0.25, 0.3) is 0 Å². The Kier molecular flexibility index (Phi) is 17.1. The molecule has 0 aromatic rings. The molecule has 0 spiro atoms. The van der Waals surface area contributed by atoms with Crippen LogP contribution in [0.5, 0.6) is 0 Å². The summed E-state index contributed by atoms with van der Waals surface area (Å²) in [4.78, 5) is 0. The van der Waals surface area contributed by atoms with Crippen LogP contribution in [0.15, 0.2) is 0 Å². The molecule has 3 N–H and O–H groups in total. The minimum absolute atomic E-state index is 0.183. The van der Waals surface area contributed by atoms with Gasteiger partial charge in [-0.1, -0.05) is 58.3 Å². The maximum Gasteiger partial charge on any atom is 0.286 e. The molecule has 0 fully saturated rings. The molecule has 0 radical (unpaired) electrons. The SMILES string of the molecule is CCCCCCCCC(CNCCCCCCN)C(OC)(OC)OC. The molecule has 25 heavy (non-hydrogen) atoms. The van der Waals surface area contributed by atoms with Crippen LogP contribution >= 0.6 is 0 Å². The van der Waals surface area contributed by atoms with Crippen LogP contribution in [-0.2, 0) is 14.2 Å². The quantitative estimate of drug-likeness (QED) is 0.269. The van der Waals surface area contributed by atoms with Gasteiger partial charge in [-0.05, 0) is 32.4 Å². The van der Waals surface area contributed by atoms with E-state index in [0.717, 1.165) is 32.5 Å². The molecule has 5 heteroatoms. The maximum absolute atomic E-state index is 5.61. The van der Waals surface area contributed by atoms with Crippen molar-refractivity contribution in [3.05, 3.63) is 0 Å². The van der Waals surface area contributed by atoms with Crippen LogP contribution in [-0.4, -0.2) is 46.9 Å². The van der Waals surface area contributed by atoms with Crippen molar-refractivity contribution >= 4 is 0 Å². The lowest BCUT2D eigenvalue weighted by Gasteiger charge is -2.36. The fourth-order valence-corrected chi connectivity index (χ4v) is 3.35. The molecule has 1 atom stereocenters. The van der Waals surface area contributed by atoms with Gasteiger partial charge in [0.1, 0.15) is 0 Å². The lowest BCUT2D eigenvalue weighted by Crippen LogP contribution is -2.48. The number of hydrogen-bond acceptors (Lipinski definition) is 5. The summed E-state index contributed by atoms with van der Waals surface area (Å²) in [5.74, 6) is -0.765. The molecule has 0 aliphatic rings. The average Bonchev–Trinajstić information content (AvgIpc) is 2.64. The molecule has 0 bridgehead atoms. The van der Waals surface area contributed by atoms with Crippen LogP contribution in [0.3, 0.4) is 0 Å². The predicted octanol–water partition coefficient (Wildman–Crippen LogP) is 4.05. The van der Waals surface area contributed by atoms with E-state index in [9.17, 15) is 0 Å². The number of nitrogens with two attached hydrogens (primary N) is 1. The van der Waals surface area contributed by atoms with Crippen LogP contribution in [0.4, 0.5) is 0 Å². The zero-order chi connectivity index (χ0) is 18.8. The standard InChI is InChI=1S/C20H44N2O3/c1-5-6-7-8-9-12-15-19(20(23-2,24-3)25-4)18-22-17-14-11-10-13-16-21/h19,22H,5-18,21H2,1-4H3. The molecule has 0 heterocycles. The van der Waals surface area contributed by atoms with Crippen molar-refractivity contribution in [2.24, 2.45) is 11.7 Å². The van der Waals surface area contributed by atoms with Gasteiger partial charge in [0, 0.05) is 27.9 Å². The van der Waals surface area contributed by atoms with Crippen molar-refractivity contribution in [2.75, 3.05) is 41.0 Å². The molecule has 152 valence electrons. The maximum atomic E-state index is 5.61. The summed E-state index contributed by atoms with van der Waals surface area (Å²) >= 11 is 0. The highest BCUT2D eigenvalue weighted by atomic mass is 16.9. The van der Waals surface area contributed by atoms with Crippen molar-refractivity contribution in [2.45, 2.75) is 83.5 Å². The fourth-order valence-electron chi connectivity index (χ4n) is 3.35. The van der Waals surface area contributed by atoms with Crippen molar-refractivity contribution in [3.8, 4) is 0 Å². The van der Waals surface area contributed by atoms with E-state index >= 15 is 0 Å². The van der Waals surface area contributed by atoms with Crippen molar-refractivity contribution < 1.29 is 14.2 Å². The first-order chi connectivity index (χ1) is 12.2. The van der Waals surface area contributed by atoms with Gasteiger partial charge in [0.05, 0.1) is 5.92 Å². The third-order valence-corrected chi connectivity index (χ3v) is 4.96. The zero-order valence-corrected chi connectivity index (χ0v) is 17.3. The van der Waals surface area contributed by atoms with Crippen LogP contribution in [0.2, 0.25) is 0 Å². The number of nitrogens with one attached hydrogen (secondary N) is 1. The summed E-state index contributed by atoms with van der Waals surface area (Å²) in [6, 6.07) is 0. The van der Waals surface area contributed by atoms with Crippen LogP contribution in [0, 0.1) is 5.92 Å². The highest BCUT2D eigenvalue weighted by Gasteiger charge is 2.39. The molecule has 0 aromatic heterocycles. The van der Waals surface area contributed by atoms with E-state index in [1.54, 1.807) is 21.3 Å². The van der Waals surface area contributed by atoms with Crippen molar-refractivity contribution in [3.63, 3.8) is 0 Å². The number of unbranched alkanes of at least 4 members (excludes halogenated alkanes) is 8. The summed E-state index contributed by atoms with van der Waals surface area (Å²) in [7, 11) is 4.98. The lowest BCUT2D eigenvalue weighted by molar-refractivity contribution is -0.378. The van der Waals surface area contributed by atoms with E-state index in [4.69, 9.17) is 19.9 Å². The topological polar surface area (TPSA) is 65.7 Å². The Morgan fingerprint density at radius 3 is 1.96 bits per heavy atom. The van der Waals surface area contributed by atoms with Gasteiger partial charge < -0.3 is 25.3 Å². The average molecular weight is 361 g/mol. The Balaban J connectivity index is 4.24. The fraction of sp³-hybridized carbons (Fsp3) is 1.00. The molecule has 0 rings (SSSR count). The van der Waals surface area contributed by atoms with E-state index < -0.39 is 5.97 Å². The Hall–Kier alpha value is -0.200. The van der Waals surface area contributed by atoms with E-state index in [1.165, 1.54) is 57.8 Å². The first kappa shape index (κ1) is 24.8. The Morgan fingerprint density at radius 2 is 1.36 bits per heavy atom. The summed E-state index contributed by atoms with van der Waals surface area (Å²) in [5.41, 5.74) is 5.53. The first-order valence-electron chi connectivity index (χ1n) is 10.3. The zero-order valence-electron chi connectivity index (χ0n) is 17.3. The monoisotopic (exact) mass is 360 g/mol. The molecule has 5 nitrogen and oxygen atoms in total. The van der Waals surface area contributed by atoms with E-state index in [0.29, 0.717) is 0 Å². The van der Waals surface area contributed by atoms with Crippen LogP contribution < -0.4 is 11.1 Å². The highest BCUT2D eigenvalue weighted by molar-refractivity contribution is 4.74. The molecular formula is C20H44N2O3. The van der Waals surface area contributed by atoms with Crippen LogP contribution in [0.1, 0.15) is 77.6 Å². The van der Waals surface area contributed by atoms with E-state index in [-0.39, 0.29) is 5.92 Å². The van der Waals surface area contributed by atoms with E-state index in [1.807, 2.05) is 0 Å². The molecule has 0 saturated heterocycles. The first-order valence-corrected chi connectivity index (χ1v) is 10.3. The van der Waals surface area contributed by atoms with Crippen molar-refractivity contribution in [1.29, 1.82) is 0 Å². The summed E-state index contributed by atoms with van der Waals surface area (Å²) in [5, 5.41) is 3.56. The lowest BCUT2D eigenvalue weighted by atomic mass is 9.97. The van der Waals surface area contributed by atoms with Gasteiger partial charge in [-0.15, -0.1) is 0 Å². The van der Waals surface area contributed by atoms with Gasteiger partial charge >= 0.3 is 0 Å². The number of rotatable bonds is 19. The highest BCUT2D eigenvalue weighted by Crippen LogP contribution is 2.28. The predicted molar refractivity (Wildman–Crippen MR) is 106 cm³/mol. The van der Waals surface area contributed by atoms with Crippen molar-refractivity contribution in [1.82, 2.24) is 5.32 Å². The third kappa shape index (κ3) is 11.2. The second-order valence-electron chi connectivity index (χ2n) is 6.88. The Morgan fingerprint density at radius 1 is 0.800 bits per heavy atom. The third-order valence-electron chi connectivity index (χ3n) is 4.96. The molecule has 0 aromatic carbocycles. The normalized spacial score (nSPS) is 13.3. The molecule has 0 amide bonds. The summed E-state index contributed by atoms with van der Waals surface area (Å²) < 4.78 is 16.8. The minimum atomic E-state index is -0.948. The second-order valence-corrected chi connectivity index (χ2v) is 6.88. The summed E-state index contributed by atoms with van der Waals surface area (Å²) in [6.07, 6.45) is 13.5. The summed E-state index contributed by atoms with van der Waals surface area (Å²) in [6.45, 7) is 4.92. The number of ether oxygens (including phenoxy) is 3. The number of hydrogen-bond donors (Lipinski definition) is 2. The number of methoxy groups -OCH3 is 3. The van der Waals surface area contributed by atoms with Gasteiger partial charge in [0.2, 0.25) is 0 Å². The van der Waals surface area contributed by atoms with Gasteiger partial charge in [0.25, 0.3) is 5.97 Å². The minimum Gasteiger partial charge on any atom is -0.331 e. The molecule has 0 aliphatic carbocycles. The smallest absolute Gasteiger partial charge is 0.286 e. The largest absolute Gasteiger partial charge is 0.331 e. The Labute approximate surface area is 156 Å². The van der Waals surface area contributed by atoms with E-state index in [2.05, 4.69) is 12.2 Å². The van der Waals surface area contributed by atoms with Gasteiger partial charge in [-0.25, -0.2) is 0 Å². The molecule has 0 saturated carbocycles. The Bertz CT molecular complexity index is 265. The second kappa shape index (κ2) is 17.2. The molecule has 1 unspecified atom stereocenters. The van der Waals surface area contributed by atoms with Gasteiger partial charge in [-0.3, -0.25) is 0 Å². The molecular weight excluding hydrogens is 316 g/mol.